The molecule has 25 heavy (non-hydrogen) atoms. The van der Waals surface area contributed by atoms with Gasteiger partial charge >= 0.3 is 6.18 Å². The van der Waals surface area contributed by atoms with Gasteiger partial charge in [0.15, 0.2) is 0 Å². The van der Waals surface area contributed by atoms with Gasteiger partial charge in [-0.25, -0.2) is 4.39 Å². The molecule has 134 valence electrons. The largest absolute Gasteiger partial charge is 0.416 e. The lowest BCUT2D eigenvalue weighted by molar-refractivity contribution is -0.137. The van der Waals surface area contributed by atoms with Gasteiger partial charge in [0.25, 0.3) is 0 Å². The predicted octanol–water partition coefficient (Wildman–Crippen LogP) is 7.20. The summed E-state index contributed by atoms with van der Waals surface area (Å²) in [5, 5.41) is 0. The number of rotatable bonds is 3. The van der Waals surface area contributed by atoms with Gasteiger partial charge in [-0.05, 0) is 66.8 Å². The molecule has 0 amide bonds. The van der Waals surface area contributed by atoms with Crippen LogP contribution in [0.1, 0.15) is 56.1 Å². The molecule has 1 saturated carbocycles. The van der Waals surface area contributed by atoms with E-state index >= 15 is 0 Å². The van der Waals surface area contributed by atoms with Crippen LogP contribution >= 0.6 is 0 Å². The van der Waals surface area contributed by atoms with E-state index in [0.717, 1.165) is 36.5 Å². The molecule has 0 atom stereocenters. The van der Waals surface area contributed by atoms with E-state index in [1.807, 2.05) is 6.07 Å². The van der Waals surface area contributed by atoms with Crippen molar-refractivity contribution in [3.8, 4) is 11.1 Å². The van der Waals surface area contributed by atoms with E-state index in [1.165, 1.54) is 31.4 Å². The van der Waals surface area contributed by atoms with E-state index in [0.29, 0.717) is 17.0 Å². The summed E-state index contributed by atoms with van der Waals surface area (Å²) in [5.41, 5.74) is 1.09. The Hall–Kier alpha value is -1.84. The zero-order valence-electron chi connectivity index (χ0n) is 14.2. The van der Waals surface area contributed by atoms with Crippen LogP contribution in [0, 0.1) is 11.7 Å². The lowest BCUT2D eigenvalue weighted by Gasteiger charge is -2.28. The number of hydrogen-bond donors (Lipinski definition) is 0. The van der Waals surface area contributed by atoms with Crippen LogP contribution in [0.2, 0.25) is 0 Å². The Labute approximate surface area is 145 Å². The van der Waals surface area contributed by atoms with Crippen molar-refractivity contribution in [1.29, 1.82) is 0 Å². The Balaban J connectivity index is 1.78. The fraction of sp³-hybridized carbons (Fsp3) is 0.429. The highest BCUT2D eigenvalue weighted by Crippen LogP contribution is 2.38. The van der Waals surface area contributed by atoms with E-state index in [1.54, 1.807) is 12.1 Å². The van der Waals surface area contributed by atoms with Gasteiger partial charge in [0, 0.05) is 5.56 Å². The van der Waals surface area contributed by atoms with E-state index in [-0.39, 0.29) is 5.82 Å². The van der Waals surface area contributed by atoms with Crippen LogP contribution in [0.25, 0.3) is 11.1 Å². The van der Waals surface area contributed by atoms with Crippen LogP contribution in [0.3, 0.4) is 0 Å². The molecule has 4 heteroatoms. The maximum Gasteiger partial charge on any atom is 0.416 e. The standard InChI is InChI=1S/C21H22F4/c1-2-14-3-5-15(6-4-14)17-9-12-19(20(22)13-17)16-7-10-18(11-8-16)21(23,24)25/h7-15H,2-6H2,1H3/t14-,15-. The number of halogens is 4. The molecule has 1 aliphatic rings. The van der Waals surface area contributed by atoms with Gasteiger partial charge in [-0.3, -0.25) is 0 Å². The molecule has 2 aromatic carbocycles. The minimum Gasteiger partial charge on any atom is -0.206 e. The second-order valence-electron chi connectivity index (χ2n) is 6.94. The zero-order chi connectivity index (χ0) is 18.0. The maximum absolute atomic E-state index is 14.5. The van der Waals surface area contributed by atoms with Crippen LogP contribution < -0.4 is 0 Å². The van der Waals surface area contributed by atoms with Gasteiger partial charge in [0.2, 0.25) is 0 Å². The summed E-state index contributed by atoms with van der Waals surface area (Å²) in [6.45, 7) is 2.21. The van der Waals surface area contributed by atoms with E-state index < -0.39 is 11.7 Å². The lowest BCUT2D eigenvalue weighted by Crippen LogP contribution is -2.12. The average Bonchev–Trinajstić information content (AvgIpc) is 2.61. The Morgan fingerprint density at radius 2 is 1.56 bits per heavy atom. The van der Waals surface area contributed by atoms with Gasteiger partial charge in [-0.1, -0.05) is 37.6 Å². The molecule has 1 fully saturated rings. The second kappa shape index (κ2) is 7.19. The number of benzene rings is 2. The summed E-state index contributed by atoms with van der Waals surface area (Å²) in [6, 6.07) is 9.82. The normalized spacial score (nSPS) is 21.3. The van der Waals surface area contributed by atoms with Crippen LogP contribution in [0.15, 0.2) is 42.5 Å². The Kier molecular flexibility index (Phi) is 5.16. The molecular weight excluding hydrogens is 328 g/mol. The van der Waals surface area contributed by atoms with Gasteiger partial charge < -0.3 is 0 Å². The molecule has 0 nitrogen and oxygen atoms in total. The molecule has 0 unspecified atom stereocenters. The monoisotopic (exact) mass is 350 g/mol. The van der Waals surface area contributed by atoms with Crippen molar-refractivity contribution in [1.82, 2.24) is 0 Å². The van der Waals surface area contributed by atoms with Crippen LogP contribution in [0.5, 0.6) is 0 Å². The van der Waals surface area contributed by atoms with Crippen molar-refractivity contribution >= 4 is 0 Å². The van der Waals surface area contributed by atoms with E-state index in [4.69, 9.17) is 0 Å². The molecule has 0 aliphatic heterocycles. The van der Waals surface area contributed by atoms with Crippen molar-refractivity contribution in [3.63, 3.8) is 0 Å². The van der Waals surface area contributed by atoms with Crippen molar-refractivity contribution in [3.05, 3.63) is 59.4 Å². The fourth-order valence-corrected chi connectivity index (χ4v) is 3.76. The molecule has 0 aromatic heterocycles. The first-order valence-corrected chi connectivity index (χ1v) is 8.85. The molecule has 0 bridgehead atoms. The van der Waals surface area contributed by atoms with Crippen molar-refractivity contribution in [2.75, 3.05) is 0 Å². The van der Waals surface area contributed by atoms with Gasteiger partial charge in [-0.2, -0.15) is 13.2 Å². The molecule has 0 N–H and O–H groups in total. The second-order valence-corrected chi connectivity index (χ2v) is 6.94. The minimum absolute atomic E-state index is 0.347. The van der Waals surface area contributed by atoms with Crippen LogP contribution in [-0.2, 0) is 6.18 Å². The third-order valence-corrected chi connectivity index (χ3v) is 5.41. The summed E-state index contributed by atoms with van der Waals surface area (Å²) in [4.78, 5) is 0. The topological polar surface area (TPSA) is 0 Å². The Morgan fingerprint density at radius 1 is 0.920 bits per heavy atom. The molecular formula is C21H22F4. The third-order valence-electron chi connectivity index (χ3n) is 5.41. The lowest BCUT2D eigenvalue weighted by atomic mass is 9.77. The first-order valence-electron chi connectivity index (χ1n) is 8.85. The maximum atomic E-state index is 14.5. The fourth-order valence-electron chi connectivity index (χ4n) is 3.76. The first-order chi connectivity index (χ1) is 11.9. The summed E-state index contributed by atoms with van der Waals surface area (Å²) in [7, 11) is 0. The Morgan fingerprint density at radius 3 is 2.08 bits per heavy atom. The SMILES string of the molecule is CC[C@H]1CC[C@H](c2ccc(-c3ccc(C(F)(F)F)cc3)c(F)c2)CC1. The van der Waals surface area contributed by atoms with Gasteiger partial charge in [-0.15, -0.1) is 0 Å². The highest BCUT2D eigenvalue weighted by molar-refractivity contribution is 5.65. The molecule has 0 heterocycles. The minimum atomic E-state index is -4.38. The highest BCUT2D eigenvalue weighted by Gasteiger charge is 2.30. The summed E-state index contributed by atoms with van der Waals surface area (Å²) < 4.78 is 52.5. The van der Waals surface area contributed by atoms with Gasteiger partial charge in [0.1, 0.15) is 5.82 Å². The van der Waals surface area contributed by atoms with E-state index in [2.05, 4.69) is 6.92 Å². The number of alkyl halides is 3. The van der Waals surface area contributed by atoms with Gasteiger partial charge in [0.05, 0.1) is 5.56 Å². The third kappa shape index (κ3) is 4.05. The quantitative estimate of drug-likeness (QED) is 0.514. The molecule has 2 aromatic rings. The highest BCUT2D eigenvalue weighted by atomic mass is 19.4. The predicted molar refractivity (Wildman–Crippen MR) is 91.8 cm³/mol. The summed E-state index contributed by atoms with van der Waals surface area (Å²) in [6.07, 6.45) is 1.36. The average molecular weight is 350 g/mol. The first kappa shape index (κ1) is 18.0. The number of hydrogen-bond acceptors (Lipinski definition) is 0. The van der Waals surface area contributed by atoms with E-state index in [9.17, 15) is 17.6 Å². The molecule has 3 rings (SSSR count). The van der Waals surface area contributed by atoms with Crippen LogP contribution in [-0.4, -0.2) is 0 Å². The summed E-state index contributed by atoms with van der Waals surface area (Å²) >= 11 is 0. The molecule has 0 saturated heterocycles. The smallest absolute Gasteiger partial charge is 0.206 e. The van der Waals surface area contributed by atoms with Crippen molar-refractivity contribution < 1.29 is 17.6 Å². The Bertz CT molecular complexity index is 708. The van der Waals surface area contributed by atoms with Crippen molar-refractivity contribution in [2.24, 2.45) is 5.92 Å². The van der Waals surface area contributed by atoms with Crippen LogP contribution in [0.4, 0.5) is 17.6 Å². The van der Waals surface area contributed by atoms with Crippen molar-refractivity contribution in [2.45, 2.75) is 51.1 Å². The molecule has 1 aliphatic carbocycles. The summed E-state index contributed by atoms with van der Waals surface area (Å²) in [5.74, 6) is 0.807. The molecule has 0 spiro atoms. The zero-order valence-corrected chi connectivity index (χ0v) is 14.2. The molecule has 0 radical (unpaired) electrons.